The van der Waals surface area contributed by atoms with Crippen LogP contribution in [0.3, 0.4) is 0 Å². The molecule has 0 aromatic heterocycles. The third-order valence-corrected chi connectivity index (χ3v) is 8.29. The van der Waals surface area contributed by atoms with Gasteiger partial charge in [-0.25, -0.2) is 0 Å². The maximum atomic E-state index is 14.0. The number of fused-ring (bicyclic) bond motifs is 5. The van der Waals surface area contributed by atoms with Crippen molar-refractivity contribution in [2.24, 2.45) is 17.6 Å². The van der Waals surface area contributed by atoms with Crippen LogP contribution in [0.15, 0.2) is 28.7 Å². The number of primary amides is 1. The van der Waals surface area contributed by atoms with Crippen LogP contribution >= 0.6 is 0 Å². The van der Waals surface area contributed by atoms with Crippen molar-refractivity contribution in [3.8, 4) is 5.75 Å². The number of anilines is 2. The minimum Gasteiger partial charge on any atom is -0.508 e. The van der Waals surface area contributed by atoms with E-state index in [4.69, 9.17) is 10.6 Å². The number of carbonyl (C=O) groups excluding carboxylic acids is 4. The third kappa shape index (κ3) is 4.18. The molecule has 1 saturated heterocycles. The number of ketones is 2. The normalized spacial score (nSPS) is 27.2. The van der Waals surface area contributed by atoms with E-state index in [1.807, 2.05) is 20.8 Å². The van der Waals surface area contributed by atoms with Crippen molar-refractivity contribution in [3.05, 3.63) is 39.9 Å². The maximum absolute atomic E-state index is 14.0. The van der Waals surface area contributed by atoms with Crippen molar-refractivity contribution < 1.29 is 39.3 Å². The average Bonchev–Trinajstić information content (AvgIpc) is 2.85. The number of carbonyl (C=O) groups is 4. The number of nitrogens with one attached hydrogen (secondary N) is 2. The summed E-state index contributed by atoms with van der Waals surface area (Å²) in [5.74, 6) is -6.36. The Bertz CT molecular complexity index is 1470. The third-order valence-electron chi connectivity index (χ3n) is 8.29. The van der Waals surface area contributed by atoms with Gasteiger partial charge in [-0.15, -0.1) is 5.06 Å². The van der Waals surface area contributed by atoms with Crippen LogP contribution in [-0.4, -0.2) is 88.6 Å². The molecule has 7 N–H and O–H groups in total. The molecule has 5 rings (SSSR count). The monoisotopic (exact) mass is 569 g/mol. The minimum atomic E-state index is -2.60. The summed E-state index contributed by atoms with van der Waals surface area (Å²) in [4.78, 5) is 59.5. The molecule has 1 heterocycles. The molecule has 1 aliphatic heterocycles. The number of aliphatic hydroxyl groups excluding tert-OH is 1. The first-order chi connectivity index (χ1) is 19.0. The van der Waals surface area contributed by atoms with Gasteiger partial charge in [0.25, 0.3) is 5.91 Å². The van der Waals surface area contributed by atoms with Gasteiger partial charge in [0.1, 0.15) is 17.4 Å². The van der Waals surface area contributed by atoms with Gasteiger partial charge < -0.3 is 41.4 Å². The van der Waals surface area contributed by atoms with E-state index in [9.17, 15) is 34.5 Å². The lowest BCUT2D eigenvalue weighted by atomic mass is 9.58. The number of hydrogen-bond donors (Lipinski definition) is 6. The van der Waals surface area contributed by atoms with Crippen molar-refractivity contribution >= 4 is 34.8 Å². The number of hydrogen-bond acceptors (Lipinski definition) is 11. The van der Waals surface area contributed by atoms with Crippen LogP contribution in [0.5, 0.6) is 5.75 Å². The predicted molar refractivity (Wildman–Crippen MR) is 147 cm³/mol. The molecule has 1 unspecified atom stereocenters. The van der Waals surface area contributed by atoms with Crippen LogP contribution in [0, 0.1) is 11.8 Å². The smallest absolute Gasteiger partial charge is 0.256 e. The zero-order valence-corrected chi connectivity index (χ0v) is 23.8. The minimum absolute atomic E-state index is 0.00183. The second kappa shape index (κ2) is 9.29. The Balaban J connectivity index is 1.61. The number of allylic oxidation sites excluding steroid dienone is 1. The Kier molecular flexibility index (Phi) is 6.48. The quantitative estimate of drug-likeness (QED) is 0.210. The molecule has 4 atom stereocenters. The second-order valence-corrected chi connectivity index (χ2v) is 12.3. The number of aromatic hydroxyl groups is 1. The van der Waals surface area contributed by atoms with Crippen LogP contribution < -0.4 is 21.3 Å². The van der Waals surface area contributed by atoms with Crippen LogP contribution in [0.25, 0.3) is 0 Å². The molecule has 1 fully saturated rings. The van der Waals surface area contributed by atoms with Gasteiger partial charge >= 0.3 is 0 Å². The number of likely N-dealkylation sites (N-methyl/N-ethyl adjacent to an activating group) is 1. The van der Waals surface area contributed by atoms with E-state index in [0.29, 0.717) is 11.3 Å². The highest BCUT2D eigenvalue weighted by molar-refractivity contribution is 6.25. The van der Waals surface area contributed by atoms with E-state index in [-0.39, 0.29) is 47.5 Å². The summed E-state index contributed by atoms with van der Waals surface area (Å²) in [5, 5.41) is 41.5. The summed E-state index contributed by atoms with van der Waals surface area (Å²) in [7, 11) is 5.08. The number of amides is 2. The van der Waals surface area contributed by atoms with Crippen LogP contribution in [0.1, 0.15) is 43.1 Å². The zero-order valence-electron chi connectivity index (χ0n) is 23.8. The summed E-state index contributed by atoms with van der Waals surface area (Å²) in [5.41, 5.74) is 2.65. The highest BCUT2D eigenvalue weighted by Gasteiger charge is 2.66. The molecule has 41 heavy (non-hydrogen) atoms. The topological polar surface area (TPSA) is 195 Å². The van der Waals surface area contributed by atoms with Crippen LogP contribution in [0.2, 0.25) is 0 Å². The van der Waals surface area contributed by atoms with E-state index in [1.54, 1.807) is 32.1 Å². The molecule has 0 saturated carbocycles. The first kappa shape index (κ1) is 28.6. The highest BCUT2D eigenvalue weighted by Crippen LogP contribution is 2.56. The number of benzene rings is 1. The molecule has 0 bridgehead atoms. The molecule has 3 aliphatic carbocycles. The lowest BCUT2D eigenvalue weighted by Gasteiger charge is -2.55. The molecular formula is C28H35N5O8. The Morgan fingerprint density at radius 1 is 1.24 bits per heavy atom. The lowest BCUT2D eigenvalue weighted by Crippen LogP contribution is -2.68. The SMILES string of the molecule is CN(C)c1cc(NC(=O)CNC(C)(C)C)c(O)c2c1C[C@H]1CC3[C@H]4C(=C(C(N)=O)C(=O)[C@@]3(O)C(O)=C1C2=O)ON4C. The van der Waals surface area contributed by atoms with Gasteiger partial charge in [-0.3, -0.25) is 19.2 Å². The number of phenols is 1. The van der Waals surface area contributed by atoms with Gasteiger partial charge in [-0.1, -0.05) is 0 Å². The average molecular weight is 570 g/mol. The fourth-order valence-electron chi connectivity index (χ4n) is 6.39. The number of aliphatic hydroxyl groups is 2. The first-order valence-electron chi connectivity index (χ1n) is 13.3. The number of Topliss-reactive ketones (excluding diaryl/α,β-unsaturated/α-hetero) is 2. The van der Waals surface area contributed by atoms with Gasteiger partial charge in [0, 0.05) is 43.9 Å². The fraction of sp³-hybridized carbons (Fsp3) is 0.500. The van der Waals surface area contributed by atoms with E-state index in [2.05, 4.69) is 10.6 Å². The Morgan fingerprint density at radius 2 is 1.90 bits per heavy atom. The number of rotatable bonds is 5. The van der Waals surface area contributed by atoms with Crippen LogP contribution in [-0.2, 0) is 25.6 Å². The summed E-state index contributed by atoms with van der Waals surface area (Å²) in [6.45, 7) is 5.64. The van der Waals surface area contributed by atoms with Gasteiger partial charge in [0.05, 0.1) is 17.8 Å². The highest BCUT2D eigenvalue weighted by atomic mass is 16.7. The molecule has 220 valence electrons. The number of nitrogens with zero attached hydrogens (tertiary/aromatic N) is 2. The van der Waals surface area contributed by atoms with Gasteiger partial charge in [0.15, 0.2) is 22.9 Å². The van der Waals surface area contributed by atoms with E-state index in [1.165, 1.54) is 5.06 Å². The summed E-state index contributed by atoms with van der Waals surface area (Å²) in [6.07, 6.45) is 0.298. The molecule has 13 nitrogen and oxygen atoms in total. The molecule has 2 amide bonds. The van der Waals surface area contributed by atoms with E-state index < -0.39 is 63.9 Å². The molecular weight excluding hydrogens is 534 g/mol. The van der Waals surface area contributed by atoms with Crippen molar-refractivity contribution in [2.45, 2.75) is 50.8 Å². The van der Waals surface area contributed by atoms with Crippen molar-refractivity contribution in [3.63, 3.8) is 0 Å². The van der Waals surface area contributed by atoms with Gasteiger partial charge in [0.2, 0.25) is 11.7 Å². The largest absolute Gasteiger partial charge is 0.508 e. The maximum Gasteiger partial charge on any atom is 0.256 e. The van der Waals surface area contributed by atoms with E-state index >= 15 is 0 Å². The van der Waals surface area contributed by atoms with Crippen LogP contribution in [0.4, 0.5) is 11.4 Å². The van der Waals surface area contributed by atoms with Gasteiger partial charge in [-0.2, -0.15) is 0 Å². The molecule has 13 heteroatoms. The summed E-state index contributed by atoms with van der Waals surface area (Å²) in [6, 6.07) is 0.864. The Morgan fingerprint density at radius 3 is 2.46 bits per heavy atom. The number of hydroxylamine groups is 2. The number of nitrogens with two attached hydrogens (primary N) is 1. The second-order valence-electron chi connectivity index (χ2n) is 12.3. The van der Waals surface area contributed by atoms with Crippen molar-refractivity contribution in [1.82, 2.24) is 10.4 Å². The zero-order chi connectivity index (χ0) is 30.3. The number of phenolic OH excluding ortho intramolecular Hbond substituents is 1. The lowest BCUT2D eigenvalue weighted by molar-refractivity contribution is -0.257. The Hall–Kier alpha value is -3.94. The molecule has 0 radical (unpaired) electrons. The summed E-state index contributed by atoms with van der Waals surface area (Å²) < 4.78 is 0. The Labute approximate surface area is 236 Å². The molecule has 0 spiro atoms. The standard InChI is InChI=1S/C28H35N5O8/c1-27(2,3)30-10-16(34)31-14-9-15(32(4)5)12-7-11-8-13-20-23(41-33(20)6)19(26(29)39)25(38)28(13,40)24(37)17(11)22(36)18(12)21(14)35/h9,11,13,20,30,35,37,40H,7-8,10H2,1-6H3,(H2,29,39)(H,31,34)/t11-,13?,20-,28-/m0/s1. The van der Waals surface area contributed by atoms with E-state index in [0.717, 1.165) is 0 Å². The first-order valence-corrected chi connectivity index (χ1v) is 13.3. The van der Waals surface area contributed by atoms with Crippen molar-refractivity contribution in [2.75, 3.05) is 37.9 Å². The molecule has 1 aromatic carbocycles. The van der Waals surface area contributed by atoms with Crippen molar-refractivity contribution in [1.29, 1.82) is 0 Å². The van der Waals surface area contributed by atoms with Gasteiger partial charge in [-0.05, 0) is 51.2 Å². The predicted octanol–water partition coefficient (Wildman–Crippen LogP) is 0.271. The molecule has 1 aromatic rings. The fourth-order valence-corrected chi connectivity index (χ4v) is 6.39. The summed E-state index contributed by atoms with van der Waals surface area (Å²) >= 11 is 0. The molecule has 4 aliphatic rings.